The summed E-state index contributed by atoms with van der Waals surface area (Å²) in [5.41, 5.74) is -0.614. The molecule has 2 heterocycles. The van der Waals surface area contributed by atoms with E-state index >= 15 is 0 Å². The van der Waals surface area contributed by atoms with Crippen LogP contribution in [0.25, 0.3) is 0 Å². The van der Waals surface area contributed by atoms with Gasteiger partial charge >= 0.3 is 6.09 Å². The number of likely N-dealkylation sites (tertiary alicyclic amines) is 1. The van der Waals surface area contributed by atoms with Gasteiger partial charge in [0.1, 0.15) is 5.60 Å². The number of piperidine rings is 1. The number of amides is 1. The molecule has 1 fully saturated rings. The first kappa shape index (κ1) is 23.6. The number of hydrogen-bond donors (Lipinski definition) is 0. The summed E-state index contributed by atoms with van der Waals surface area (Å²) in [4.78, 5) is 21.5. The van der Waals surface area contributed by atoms with Gasteiger partial charge < -0.3 is 14.2 Å². The topological polar surface area (TPSA) is 71.7 Å². The predicted octanol–water partition coefficient (Wildman–Crippen LogP) is 4.79. The largest absolute Gasteiger partial charge is 0.444 e. The number of ether oxygens (including phenoxy) is 1. The van der Waals surface area contributed by atoms with E-state index in [1.54, 1.807) is 0 Å². The van der Waals surface area contributed by atoms with E-state index in [2.05, 4.69) is 42.7 Å². The van der Waals surface area contributed by atoms with Crippen molar-refractivity contribution in [1.29, 1.82) is 0 Å². The van der Waals surface area contributed by atoms with Crippen molar-refractivity contribution in [3.05, 3.63) is 11.7 Å². The highest BCUT2D eigenvalue weighted by Crippen LogP contribution is 2.28. The highest BCUT2D eigenvalue weighted by atomic mass is 16.6. The third kappa shape index (κ3) is 6.69. The van der Waals surface area contributed by atoms with Crippen LogP contribution in [0, 0.1) is 5.92 Å². The fraction of sp³-hybridized carbons (Fsp3) is 0.864. The Bertz CT molecular complexity index is 672. The predicted molar refractivity (Wildman–Crippen MR) is 114 cm³/mol. The van der Waals surface area contributed by atoms with Crippen molar-refractivity contribution in [1.82, 2.24) is 19.9 Å². The lowest BCUT2D eigenvalue weighted by molar-refractivity contribution is 0.0101. The Morgan fingerprint density at radius 2 is 1.90 bits per heavy atom. The minimum absolute atomic E-state index is 0.0652. The monoisotopic (exact) mass is 408 g/mol. The molecule has 0 spiro atoms. The Labute approximate surface area is 176 Å². The minimum Gasteiger partial charge on any atom is -0.444 e. The fourth-order valence-corrected chi connectivity index (χ4v) is 3.56. The van der Waals surface area contributed by atoms with E-state index in [-0.39, 0.29) is 23.6 Å². The van der Waals surface area contributed by atoms with Gasteiger partial charge in [-0.3, -0.25) is 4.90 Å². The van der Waals surface area contributed by atoms with Gasteiger partial charge in [-0.25, -0.2) is 4.79 Å². The third-order valence-electron chi connectivity index (χ3n) is 5.27. The van der Waals surface area contributed by atoms with E-state index in [0.29, 0.717) is 18.4 Å². The zero-order chi connectivity index (χ0) is 22.0. The lowest BCUT2D eigenvalue weighted by Gasteiger charge is -2.39. The summed E-state index contributed by atoms with van der Waals surface area (Å²) < 4.78 is 11.2. The molecule has 0 aliphatic carbocycles. The zero-order valence-electron chi connectivity index (χ0n) is 19.8. The molecule has 1 aromatic rings. The summed E-state index contributed by atoms with van der Waals surface area (Å²) in [7, 11) is 0. The van der Waals surface area contributed by atoms with E-state index in [4.69, 9.17) is 9.26 Å². The van der Waals surface area contributed by atoms with E-state index < -0.39 is 5.60 Å². The van der Waals surface area contributed by atoms with Crippen molar-refractivity contribution < 1.29 is 14.1 Å². The van der Waals surface area contributed by atoms with E-state index in [1.165, 1.54) is 0 Å². The van der Waals surface area contributed by atoms with Gasteiger partial charge in [0, 0.05) is 24.5 Å². The summed E-state index contributed by atoms with van der Waals surface area (Å²) in [5.74, 6) is 1.80. The van der Waals surface area contributed by atoms with Crippen LogP contribution in [-0.2, 0) is 10.2 Å². The van der Waals surface area contributed by atoms with Crippen LogP contribution in [0.4, 0.5) is 4.79 Å². The first-order valence-electron chi connectivity index (χ1n) is 10.9. The van der Waals surface area contributed by atoms with Crippen molar-refractivity contribution in [2.24, 2.45) is 5.92 Å². The van der Waals surface area contributed by atoms with Crippen LogP contribution < -0.4 is 0 Å². The Hall–Kier alpha value is -1.63. The summed E-state index contributed by atoms with van der Waals surface area (Å²) >= 11 is 0. The number of hydrogen-bond acceptors (Lipinski definition) is 6. The molecule has 29 heavy (non-hydrogen) atoms. The maximum absolute atomic E-state index is 12.7. The molecule has 2 rings (SSSR count). The number of nitrogens with zero attached hydrogens (tertiary/aromatic N) is 4. The normalized spacial score (nSPS) is 20.0. The van der Waals surface area contributed by atoms with E-state index in [0.717, 1.165) is 31.8 Å². The third-order valence-corrected chi connectivity index (χ3v) is 5.27. The van der Waals surface area contributed by atoms with Gasteiger partial charge in [0.15, 0.2) is 5.82 Å². The Kier molecular flexibility index (Phi) is 7.36. The Balaban J connectivity index is 2.03. The van der Waals surface area contributed by atoms with Gasteiger partial charge in [-0.2, -0.15) is 4.98 Å². The molecular weight excluding hydrogens is 368 g/mol. The molecule has 1 aliphatic rings. The second kappa shape index (κ2) is 9.02. The molecule has 2 atom stereocenters. The molecule has 1 aliphatic heterocycles. The van der Waals surface area contributed by atoms with Crippen LogP contribution in [0.2, 0.25) is 0 Å². The zero-order valence-corrected chi connectivity index (χ0v) is 19.8. The number of carbonyl (C=O) groups is 1. The quantitative estimate of drug-likeness (QED) is 0.698. The van der Waals surface area contributed by atoms with Crippen molar-refractivity contribution >= 4 is 6.09 Å². The Morgan fingerprint density at radius 1 is 1.24 bits per heavy atom. The average Bonchev–Trinajstić information content (AvgIpc) is 3.07. The minimum atomic E-state index is -0.486. The highest BCUT2D eigenvalue weighted by molar-refractivity contribution is 5.68. The average molecular weight is 409 g/mol. The maximum Gasteiger partial charge on any atom is 0.410 e. The van der Waals surface area contributed by atoms with Gasteiger partial charge in [-0.1, -0.05) is 25.9 Å². The molecule has 1 amide bonds. The molecule has 7 heteroatoms. The number of carbonyl (C=O) groups excluding carboxylic acids is 1. The number of rotatable bonds is 5. The van der Waals surface area contributed by atoms with Crippen molar-refractivity contribution in [3.63, 3.8) is 0 Å². The summed E-state index contributed by atoms with van der Waals surface area (Å²) in [6, 6.07) is 0.165. The van der Waals surface area contributed by atoms with Gasteiger partial charge in [-0.05, 0) is 66.8 Å². The summed E-state index contributed by atoms with van der Waals surface area (Å²) in [5, 5.41) is 4.17. The molecule has 2 unspecified atom stereocenters. The molecule has 0 N–H and O–H groups in total. The number of aromatic nitrogens is 2. The van der Waals surface area contributed by atoms with Crippen LogP contribution in [0.5, 0.6) is 0 Å². The Morgan fingerprint density at radius 3 is 2.41 bits per heavy atom. The maximum atomic E-state index is 12.7. The SMILES string of the molecule is CC(c1nc(C(C)(C)C)no1)N1CCCC(CN(C(=O)OC(C)(C)C)C(C)C)C1. The lowest BCUT2D eigenvalue weighted by Crippen LogP contribution is -2.47. The molecule has 7 nitrogen and oxygen atoms in total. The molecule has 166 valence electrons. The van der Waals surface area contributed by atoms with Crippen molar-refractivity contribution in [3.8, 4) is 0 Å². The molecule has 0 bridgehead atoms. The first-order valence-corrected chi connectivity index (χ1v) is 10.9. The highest BCUT2D eigenvalue weighted by Gasteiger charge is 2.32. The summed E-state index contributed by atoms with van der Waals surface area (Å²) in [6.45, 7) is 20.8. The molecule has 0 saturated carbocycles. The van der Waals surface area contributed by atoms with Gasteiger partial charge in [0.2, 0.25) is 5.89 Å². The van der Waals surface area contributed by atoms with Crippen molar-refractivity contribution in [2.45, 2.75) is 98.3 Å². The summed E-state index contributed by atoms with van der Waals surface area (Å²) in [6.07, 6.45) is 1.96. The van der Waals surface area contributed by atoms with Gasteiger partial charge in [0.25, 0.3) is 0 Å². The molecule has 0 aromatic carbocycles. The first-order chi connectivity index (χ1) is 13.3. The van der Waals surface area contributed by atoms with Gasteiger partial charge in [0.05, 0.1) is 6.04 Å². The van der Waals surface area contributed by atoms with Crippen LogP contribution >= 0.6 is 0 Å². The van der Waals surface area contributed by atoms with Crippen LogP contribution in [0.15, 0.2) is 4.52 Å². The smallest absolute Gasteiger partial charge is 0.410 e. The van der Waals surface area contributed by atoms with Crippen molar-refractivity contribution in [2.75, 3.05) is 19.6 Å². The molecule has 1 saturated heterocycles. The lowest BCUT2D eigenvalue weighted by atomic mass is 9.95. The van der Waals surface area contributed by atoms with Crippen LogP contribution in [0.3, 0.4) is 0 Å². The van der Waals surface area contributed by atoms with Gasteiger partial charge in [-0.15, -0.1) is 0 Å². The second-order valence-corrected chi connectivity index (χ2v) is 10.6. The molecular formula is C22H40N4O3. The standard InChI is InChI=1S/C22H40N4O3/c1-15(2)26(20(27)28-22(7,8)9)14-17-11-10-12-25(13-17)16(3)18-23-19(24-29-18)21(4,5)6/h15-17H,10-14H2,1-9H3. The fourth-order valence-electron chi connectivity index (χ4n) is 3.56. The molecule has 1 aromatic heterocycles. The van der Waals surface area contributed by atoms with Crippen LogP contribution in [-0.4, -0.2) is 57.3 Å². The molecule has 0 radical (unpaired) electrons. The van der Waals surface area contributed by atoms with E-state index in [9.17, 15) is 4.79 Å². The second-order valence-electron chi connectivity index (χ2n) is 10.6. The van der Waals surface area contributed by atoms with E-state index in [1.807, 2.05) is 39.5 Å². The van der Waals surface area contributed by atoms with Crippen LogP contribution in [0.1, 0.15) is 92.9 Å².